The van der Waals surface area contributed by atoms with E-state index in [2.05, 4.69) is 55.4 Å². The van der Waals surface area contributed by atoms with Gasteiger partial charge in [0.05, 0.1) is 5.92 Å². The van der Waals surface area contributed by atoms with Gasteiger partial charge < -0.3 is 8.85 Å². The molecule has 27 heavy (non-hydrogen) atoms. The Labute approximate surface area is 173 Å². The van der Waals surface area contributed by atoms with Crippen LogP contribution < -0.4 is 0 Å². The molecule has 160 valence electrons. The van der Waals surface area contributed by atoms with Crippen LogP contribution in [0.2, 0.25) is 23.2 Å². The molecule has 0 aromatic carbocycles. The first kappa shape index (κ1) is 26.9. The first-order valence-corrected chi connectivity index (χ1v) is 14.5. The van der Waals surface area contributed by atoms with E-state index in [1.165, 1.54) is 38.5 Å². The highest BCUT2D eigenvalue weighted by Crippen LogP contribution is 2.45. The lowest BCUT2D eigenvalue weighted by Crippen LogP contribution is -2.49. The van der Waals surface area contributed by atoms with Crippen molar-refractivity contribution in [1.82, 2.24) is 0 Å². The van der Waals surface area contributed by atoms with E-state index in [1.54, 1.807) is 0 Å². The van der Waals surface area contributed by atoms with Crippen molar-refractivity contribution >= 4 is 24.0 Å². The average Bonchev–Trinajstić information content (AvgIpc) is 2.52. The summed E-state index contributed by atoms with van der Waals surface area (Å²) < 4.78 is 12.3. The van der Waals surface area contributed by atoms with E-state index in [4.69, 9.17) is 8.85 Å². The summed E-state index contributed by atoms with van der Waals surface area (Å²) in [6, 6.07) is 2.97. The van der Waals surface area contributed by atoms with E-state index in [0.29, 0.717) is 9.76 Å². The summed E-state index contributed by atoms with van der Waals surface area (Å²) in [5.41, 5.74) is -0.147. The monoisotopic (exact) mass is 414 g/mol. The smallest absolute Gasteiger partial charge is 0.295 e. The molecular formula is C22H46O3Si2. The van der Waals surface area contributed by atoms with Gasteiger partial charge in [-0.05, 0) is 43.9 Å². The Morgan fingerprint density at radius 2 is 1.41 bits per heavy atom. The predicted octanol–water partition coefficient (Wildman–Crippen LogP) is 7.14. The molecule has 0 bridgehead atoms. The zero-order valence-corrected chi connectivity index (χ0v) is 21.7. The molecule has 0 aliphatic heterocycles. The van der Waals surface area contributed by atoms with Crippen molar-refractivity contribution in [2.24, 2.45) is 5.92 Å². The zero-order chi connectivity index (χ0) is 21.1. The third-order valence-corrected chi connectivity index (χ3v) is 12.4. The molecule has 0 N–H and O–H groups in total. The highest BCUT2D eigenvalue weighted by Gasteiger charge is 2.48. The largest absolute Gasteiger partial charge is 0.518 e. The molecule has 0 saturated carbocycles. The summed E-state index contributed by atoms with van der Waals surface area (Å²) in [5, 5.41) is 0.0774. The van der Waals surface area contributed by atoms with E-state index >= 15 is 0 Å². The number of hydrogen-bond donors (Lipinski definition) is 0. The molecule has 3 nitrogen and oxygen atoms in total. The molecule has 5 heteroatoms. The second-order valence-corrected chi connectivity index (χ2v) is 15.6. The molecule has 1 atom stereocenters. The van der Waals surface area contributed by atoms with Crippen molar-refractivity contribution in [3.05, 3.63) is 0 Å². The predicted molar refractivity (Wildman–Crippen MR) is 121 cm³/mol. The Hall–Kier alpha value is -0.136. The summed E-state index contributed by atoms with van der Waals surface area (Å²) in [6.07, 6.45) is 7.24. The zero-order valence-electron chi connectivity index (χ0n) is 19.7. The molecule has 2 radical (unpaired) electrons. The van der Waals surface area contributed by atoms with Gasteiger partial charge in [0.15, 0.2) is 0 Å². The topological polar surface area (TPSA) is 35.5 Å². The van der Waals surface area contributed by atoms with E-state index < -0.39 is 8.32 Å². The Kier molecular flexibility index (Phi) is 12.4. The minimum atomic E-state index is -2.16. The second-order valence-electron chi connectivity index (χ2n) is 10.0. The standard InChI is InChI=1S/C22H46O3Si2/c1-10-12-14-16-27(22(7,8)9,17-15-13-11-2)24-20(23)19(3)18-26-25-21(4,5)6/h19H,10-18H2,1-9H3. The maximum absolute atomic E-state index is 13.0. The third-order valence-electron chi connectivity index (χ3n) is 5.20. The maximum atomic E-state index is 13.0. The molecular weight excluding hydrogens is 368 g/mol. The van der Waals surface area contributed by atoms with Crippen LogP contribution >= 0.6 is 0 Å². The van der Waals surface area contributed by atoms with Gasteiger partial charge in [0.1, 0.15) is 0 Å². The van der Waals surface area contributed by atoms with E-state index in [0.717, 1.165) is 18.1 Å². The molecule has 0 heterocycles. The fourth-order valence-electron chi connectivity index (χ4n) is 3.21. The van der Waals surface area contributed by atoms with Gasteiger partial charge in [0.25, 0.3) is 14.3 Å². The molecule has 0 saturated heterocycles. The normalized spacial score (nSPS) is 14.3. The molecule has 0 fully saturated rings. The number of rotatable bonds is 13. The molecule has 1 unspecified atom stereocenters. The Morgan fingerprint density at radius 3 is 1.78 bits per heavy atom. The molecule has 0 aromatic rings. The van der Waals surface area contributed by atoms with Crippen molar-refractivity contribution in [1.29, 1.82) is 0 Å². The first-order chi connectivity index (χ1) is 12.4. The molecule has 0 amide bonds. The van der Waals surface area contributed by atoms with Gasteiger partial charge in [-0.3, -0.25) is 4.79 Å². The summed E-state index contributed by atoms with van der Waals surface area (Å²) in [5.74, 6) is -0.0770. The van der Waals surface area contributed by atoms with Crippen molar-refractivity contribution in [3.63, 3.8) is 0 Å². The molecule has 0 spiro atoms. The Bertz CT molecular complexity index is 401. The SMILES string of the molecule is CCCCC[Si](CCCCC)(OC(=O)C(C)C[Si]OC(C)(C)C)C(C)(C)C. The Balaban J connectivity index is 5.13. The lowest BCUT2D eigenvalue weighted by molar-refractivity contribution is -0.139. The van der Waals surface area contributed by atoms with E-state index in [1.807, 2.05) is 6.92 Å². The quantitative estimate of drug-likeness (QED) is 0.237. The Morgan fingerprint density at radius 1 is 0.926 bits per heavy atom. The van der Waals surface area contributed by atoms with Crippen LogP contribution in [0.4, 0.5) is 0 Å². The fraction of sp³-hybridized carbons (Fsp3) is 0.955. The van der Waals surface area contributed by atoms with Gasteiger partial charge in [-0.15, -0.1) is 0 Å². The van der Waals surface area contributed by atoms with Crippen molar-refractivity contribution in [2.45, 2.75) is 130 Å². The minimum absolute atomic E-state index is 0.00889. The van der Waals surface area contributed by atoms with Gasteiger partial charge >= 0.3 is 0 Å². The minimum Gasteiger partial charge on any atom is -0.518 e. The van der Waals surface area contributed by atoms with Gasteiger partial charge in [-0.25, -0.2) is 0 Å². The van der Waals surface area contributed by atoms with Gasteiger partial charge in [0.2, 0.25) is 9.76 Å². The summed E-state index contributed by atoms with van der Waals surface area (Å²) in [4.78, 5) is 13.0. The van der Waals surface area contributed by atoms with Gasteiger partial charge in [0, 0.05) is 5.60 Å². The van der Waals surface area contributed by atoms with Crippen molar-refractivity contribution in [2.75, 3.05) is 0 Å². The maximum Gasteiger partial charge on any atom is 0.295 e. The van der Waals surface area contributed by atoms with E-state index in [9.17, 15) is 4.79 Å². The number of unbranched alkanes of at least 4 members (excludes halogenated alkanes) is 4. The highest BCUT2D eigenvalue weighted by atomic mass is 28.4. The fourth-order valence-corrected chi connectivity index (χ4v) is 8.63. The van der Waals surface area contributed by atoms with E-state index in [-0.39, 0.29) is 22.5 Å². The van der Waals surface area contributed by atoms with Crippen LogP contribution in [0.5, 0.6) is 0 Å². The number of carbonyl (C=O) groups excluding carboxylic acids is 1. The van der Waals surface area contributed by atoms with Crippen LogP contribution in [0, 0.1) is 5.92 Å². The molecule has 0 aliphatic rings. The van der Waals surface area contributed by atoms with Crippen LogP contribution in [0.25, 0.3) is 0 Å². The summed E-state index contributed by atoms with van der Waals surface area (Å²) in [7, 11) is -1.81. The van der Waals surface area contributed by atoms with Crippen LogP contribution in [0.1, 0.15) is 101 Å². The number of hydrogen-bond acceptors (Lipinski definition) is 3. The van der Waals surface area contributed by atoms with Crippen molar-refractivity contribution < 1.29 is 13.6 Å². The number of carbonyl (C=O) groups is 1. The van der Waals surface area contributed by atoms with Crippen LogP contribution in [-0.2, 0) is 13.6 Å². The average molecular weight is 415 g/mol. The second kappa shape index (κ2) is 12.4. The van der Waals surface area contributed by atoms with Crippen LogP contribution in [0.3, 0.4) is 0 Å². The lowest BCUT2D eigenvalue weighted by Gasteiger charge is -2.42. The van der Waals surface area contributed by atoms with Crippen molar-refractivity contribution in [3.8, 4) is 0 Å². The highest BCUT2D eigenvalue weighted by molar-refractivity contribution is 6.78. The van der Waals surface area contributed by atoms with Gasteiger partial charge in [-0.1, -0.05) is 80.1 Å². The lowest BCUT2D eigenvalue weighted by atomic mass is 10.2. The third kappa shape index (κ3) is 10.8. The van der Waals surface area contributed by atoms with Crippen LogP contribution in [0.15, 0.2) is 0 Å². The molecule has 0 aliphatic carbocycles. The molecule has 0 rings (SSSR count). The molecule has 0 aromatic heterocycles. The first-order valence-electron chi connectivity index (χ1n) is 11.0. The summed E-state index contributed by atoms with van der Waals surface area (Å²) >= 11 is 0. The summed E-state index contributed by atoms with van der Waals surface area (Å²) in [6.45, 7) is 19.5. The van der Waals surface area contributed by atoms with Gasteiger partial charge in [-0.2, -0.15) is 0 Å². The van der Waals surface area contributed by atoms with Crippen LogP contribution in [-0.4, -0.2) is 29.7 Å².